The Morgan fingerprint density at radius 3 is 2.58 bits per heavy atom. The van der Waals surface area contributed by atoms with Crippen LogP contribution < -0.4 is 10.6 Å². The molecule has 0 fully saturated rings. The molecule has 3 rings (SSSR count). The molecule has 1 aliphatic rings. The molecule has 2 aromatic rings. The minimum atomic E-state index is -0.0512. The summed E-state index contributed by atoms with van der Waals surface area (Å²) < 4.78 is 0. The molecule has 0 bridgehead atoms. The zero-order chi connectivity index (χ0) is 13.2. The summed E-state index contributed by atoms with van der Waals surface area (Å²) in [5.74, 6) is -0.0512. The molecule has 0 aliphatic carbocycles. The van der Waals surface area contributed by atoms with Crippen LogP contribution in [-0.4, -0.2) is 19.5 Å². The number of hydrogen-bond donors (Lipinski definition) is 2. The Bertz CT molecular complexity index is 617. The van der Waals surface area contributed by atoms with Crippen molar-refractivity contribution in [3.8, 4) is 11.1 Å². The first kappa shape index (κ1) is 11.8. The van der Waals surface area contributed by atoms with Crippen LogP contribution in [-0.2, 0) is 6.42 Å². The van der Waals surface area contributed by atoms with Gasteiger partial charge >= 0.3 is 0 Å². The Morgan fingerprint density at radius 2 is 1.84 bits per heavy atom. The number of hydrogen-bond acceptors (Lipinski definition) is 2. The van der Waals surface area contributed by atoms with E-state index in [0.29, 0.717) is 5.56 Å². The summed E-state index contributed by atoms with van der Waals surface area (Å²) in [5, 5.41) is 5.98. The molecular formula is C16H16N2O. The van der Waals surface area contributed by atoms with E-state index in [1.165, 1.54) is 16.8 Å². The maximum Gasteiger partial charge on any atom is 0.251 e. The number of carbonyl (C=O) groups is 1. The normalized spacial score (nSPS) is 12.7. The van der Waals surface area contributed by atoms with Gasteiger partial charge in [-0.25, -0.2) is 0 Å². The molecule has 19 heavy (non-hydrogen) atoms. The summed E-state index contributed by atoms with van der Waals surface area (Å²) in [7, 11) is 1.64. The average molecular weight is 252 g/mol. The lowest BCUT2D eigenvalue weighted by Crippen LogP contribution is -2.17. The molecule has 1 amide bonds. The Balaban J connectivity index is 1.92. The number of amides is 1. The summed E-state index contributed by atoms with van der Waals surface area (Å²) in [6, 6.07) is 14.2. The van der Waals surface area contributed by atoms with Crippen molar-refractivity contribution in [2.45, 2.75) is 6.42 Å². The van der Waals surface area contributed by atoms with E-state index in [9.17, 15) is 4.79 Å². The van der Waals surface area contributed by atoms with Gasteiger partial charge in [-0.05, 0) is 47.4 Å². The van der Waals surface area contributed by atoms with Crippen molar-refractivity contribution in [3.05, 3.63) is 53.6 Å². The molecule has 0 aromatic heterocycles. The predicted molar refractivity (Wildman–Crippen MR) is 77.5 cm³/mol. The van der Waals surface area contributed by atoms with E-state index in [4.69, 9.17) is 0 Å². The van der Waals surface area contributed by atoms with Crippen molar-refractivity contribution in [3.63, 3.8) is 0 Å². The SMILES string of the molecule is CNC(=O)c1ccc(-c2ccc3c(c2)CCN3)cc1. The van der Waals surface area contributed by atoms with Crippen molar-refractivity contribution < 1.29 is 4.79 Å². The van der Waals surface area contributed by atoms with Crippen molar-refractivity contribution >= 4 is 11.6 Å². The molecule has 0 saturated heterocycles. The number of nitrogens with one attached hydrogen (secondary N) is 2. The first-order chi connectivity index (χ1) is 9.28. The van der Waals surface area contributed by atoms with Gasteiger partial charge in [-0.3, -0.25) is 4.79 Å². The monoisotopic (exact) mass is 252 g/mol. The van der Waals surface area contributed by atoms with Crippen LogP contribution in [0.25, 0.3) is 11.1 Å². The lowest BCUT2D eigenvalue weighted by molar-refractivity contribution is 0.0963. The second-order valence-electron chi connectivity index (χ2n) is 4.71. The van der Waals surface area contributed by atoms with Gasteiger partial charge in [-0.2, -0.15) is 0 Å². The van der Waals surface area contributed by atoms with E-state index in [0.717, 1.165) is 18.5 Å². The highest BCUT2D eigenvalue weighted by molar-refractivity contribution is 5.94. The highest BCUT2D eigenvalue weighted by atomic mass is 16.1. The molecule has 0 unspecified atom stereocenters. The van der Waals surface area contributed by atoms with Crippen molar-refractivity contribution in [2.24, 2.45) is 0 Å². The molecule has 3 nitrogen and oxygen atoms in total. The van der Waals surface area contributed by atoms with Crippen LogP contribution >= 0.6 is 0 Å². The molecule has 0 saturated carbocycles. The van der Waals surface area contributed by atoms with Gasteiger partial charge in [0.1, 0.15) is 0 Å². The van der Waals surface area contributed by atoms with Crippen molar-refractivity contribution in [1.29, 1.82) is 0 Å². The first-order valence-electron chi connectivity index (χ1n) is 6.47. The van der Waals surface area contributed by atoms with Crippen LogP contribution in [0.1, 0.15) is 15.9 Å². The molecule has 2 N–H and O–H groups in total. The number of anilines is 1. The Morgan fingerprint density at radius 1 is 1.11 bits per heavy atom. The van der Waals surface area contributed by atoms with E-state index >= 15 is 0 Å². The van der Waals surface area contributed by atoms with Crippen LogP contribution in [0.3, 0.4) is 0 Å². The topological polar surface area (TPSA) is 41.1 Å². The van der Waals surface area contributed by atoms with Crippen molar-refractivity contribution in [2.75, 3.05) is 18.9 Å². The third-order valence-electron chi connectivity index (χ3n) is 3.52. The zero-order valence-electron chi connectivity index (χ0n) is 10.9. The van der Waals surface area contributed by atoms with Crippen LogP contribution in [0, 0.1) is 0 Å². The van der Waals surface area contributed by atoms with Crippen LogP contribution in [0.2, 0.25) is 0 Å². The Labute approximate surface area is 112 Å². The third kappa shape index (κ3) is 2.19. The lowest BCUT2D eigenvalue weighted by Gasteiger charge is -2.06. The molecule has 0 radical (unpaired) electrons. The standard InChI is InChI=1S/C16H16N2O/c1-17-16(19)12-4-2-11(3-5-12)13-6-7-15-14(10-13)8-9-18-15/h2-7,10,18H,8-9H2,1H3,(H,17,19). The highest BCUT2D eigenvalue weighted by Gasteiger charge is 2.11. The maximum absolute atomic E-state index is 11.5. The smallest absolute Gasteiger partial charge is 0.251 e. The highest BCUT2D eigenvalue weighted by Crippen LogP contribution is 2.28. The molecule has 0 spiro atoms. The number of carbonyl (C=O) groups excluding carboxylic acids is 1. The summed E-state index contributed by atoms with van der Waals surface area (Å²) in [4.78, 5) is 11.5. The number of rotatable bonds is 2. The van der Waals surface area contributed by atoms with Crippen molar-refractivity contribution in [1.82, 2.24) is 5.32 Å². The molecule has 2 aromatic carbocycles. The fourth-order valence-corrected chi connectivity index (χ4v) is 2.44. The zero-order valence-corrected chi connectivity index (χ0v) is 10.9. The van der Waals surface area contributed by atoms with E-state index in [2.05, 4.69) is 28.8 Å². The van der Waals surface area contributed by atoms with Gasteiger partial charge in [0.25, 0.3) is 5.91 Å². The number of fused-ring (bicyclic) bond motifs is 1. The van der Waals surface area contributed by atoms with Gasteiger partial charge in [0.15, 0.2) is 0 Å². The van der Waals surface area contributed by atoms with Gasteiger partial charge < -0.3 is 10.6 Å². The predicted octanol–water partition coefficient (Wildman–Crippen LogP) is 2.68. The molecule has 3 heteroatoms. The van der Waals surface area contributed by atoms with Crippen LogP contribution in [0.15, 0.2) is 42.5 Å². The van der Waals surface area contributed by atoms with Gasteiger partial charge in [0, 0.05) is 24.8 Å². The molecule has 1 heterocycles. The largest absolute Gasteiger partial charge is 0.384 e. The third-order valence-corrected chi connectivity index (χ3v) is 3.52. The lowest BCUT2D eigenvalue weighted by atomic mass is 10.0. The fraction of sp³-hybridized carbons (Fsp3) is 0.188. The van der Waals surface area contributed by atoms with E-state index in [1.807, 2.05) is 24.3 Å². The molecule has 0 atom stereocenters. The van der Waals surface area contributed by atoms with Gasteiger partial charge in [-0.15, -0.1) is 0 Å². The second-order valence-corrected chi connectivity index (χ2v) is 4.71. The second kappa shape index (κ2) is 4.76. The quantitative estimate of drug-likeness (QED) is 0.862. The van der Waals surface area contributed by atoms with E-state index in [1.54, 1.807) is 7.05 Å². The number of benzene rings is 2. The summed E-state index contributed by atoms with van der Waals surface area (Å²) in [5.41, 5.74) is 5.64. The van der Waals surface area contributed by atoms with Crippen LogP contribution in [0.4, 0.5) is 5.69 Å². The fourth-order valence-electron chi connectivity index (χ4n) is 2.44. The Kier molecular flexibility index (Phi) is 2.95. The minimum absolute atomic E-state index is 0.0512. The van der Waals surface area contributed by atoms with E-state index < -0.39 is 0 Å². The minimum Gasteiger partial charge on any atom is -0.384 e. The molecular weight excluding hydrogens is 236 g/mol. The Hall–Kier alpha value is -2.29. The maximum atomic E-state index is 11.5. The van der Waals surface area contributed by atoms with Gasteiger partial charge in [0.2, 0.25) is 0 Å². The summed E-state index contributed by atoms with van der Waals surface area (Å²) >= 11 is 0. The van der Waals surface area contributed by atoms with Gasteiger partial charge in [-0.1, -0.05) is 18.2 Å². The average Bonchev–Trinajstić information content (AvgIpc) is 2.94. The molecule has 96 valence electrons. The summed E-state index contributed by atoms with van der Waals surface area (Å²) in [6.45, 7) is 1.02. The van der Waals surface area contributed by atoms with E-state index in [-0.39, 0.29) is 5.91 Å². The first-order valence-corrected chi connectivity index (χ1v) is 6.47. The van der Waals surface area contributed by atoms with Gasteiger partial charge in [0.05, 0.1) is 0 Å². The van der Waals surface area contributed by atoms with Crippen LogP contribution in [0.5, 0.6) is 0 Å². The summed E-state index contributed by atoms with van der Waals surface area (Å²) in [6.07, 6.45) is 1.08. The molecule has 1 aliphatic heterocycles.